The van der Waals surface area contributed by atoms with E-state index in [1.54, 1.807) is 4.90 Å². The standard InChI is InChI=1S/C13H23F3N2/c1-11(2,3)18-8-12(9-18)6-4-5-7-17(12)10-13(14,15)16/h4-10H2,1-3H3. The maximum atomic E-state index is 12.6. The largest absolute Gasteiger partial charge is 0.401 e. The van der Waals surface area contributed by atoms with E-state index in [1.165, 1.54) is 0 Å². The van der Waals surface area contributed by atoms with E-state index < -0.39 is 12.7 Å². The fraction of sp³-hybridized carbons (Fsp3) is 1.00. The summed E-state index contributed by atoms with van der Waals surface area (Å²) in [5, 5.41) is 0. The van der Waals surface area contributed by atoms with Crippen LogP contribution >= 0.6 is 0 Å². The van der Waals surface area contributed by atoms with E-state index >= 15 is 0 Å². The van der Waals surface area contributed by atoms with Gasteiger partial charge in [0.25, 0.3) is 0 Å². The van der Waals surface area contributed by atoms with Crippen molar-refractivity contribution in [2.45, 2.75) is 57.3 Å². The monoisotopic (exact) mass is 264 g/mol. The van der Waals surface area contributed by atoms with Crippen LogP contribution in [0, 0.1) is 0 Å². The first kappa shape index (κ1) is 14.1. The molecule has 5 heteroatoms. The minimum Gasteiger partial charge on any atom is -0.295 e. The summed E-state index contributed by atoms with van der Waals surface area (Å²) in [5.74, 6) is 0. The van der Waals surface area contributed by atoms with E-state index in [0.29, 0.717) is 6.54 Å². The molecule has 2 aliphatic rings. The van der Waals surface area contributed by atoms with Crippen molar-refractivity contribution in [2.24, 2.45) is 0 Å². The number of alkyl halides is 3. The lowest BCUT2D eigenvalue weighted by Crippen LogP contribution is -2.75. The van der Waals surface area contributed by atoms with E-state index in [1.807, 2.05) is 0 Å². The third kappa shape index (κ3) is 2.82. The van der Waals surface area contributed by atoms with Crippen LogP contribution in [0.15, 0.2) is 0 Å². The summed E-state index contributed by atoms with van der Waals surface area (Å²) in [6, 6.07) is 0. The van der Waals surface area contributed by atoms with Crippen LogP contribution in [0.4, 0.5) is 13.2 Å². The van der Waals surface area contributed by atoms with Crippen LogP contribution < -0.4 is 0 Å². The van der Waals surface area contributed by atoms with Crippen molar-refractivity contribution in [3.63, 3.8) is 0 Å². The van der Waals surface area contributed by atoms with Gasteiger partial charge in [0, 0.05) is 24.2 Å². The van der Waals surface area contributed by atoms with Gasteiger partial charge in [0.05, 0.1) is 6.54 Å². The molecule has 0 aromatic rings. The Morgan fingerprint density at radius 2 is 1.67 bits per heavy atom. The van der Waals surface area contributed by atoms with Crippen LogP contribution in [-0.4, -0.2) is 53.2 Å². The van der Waals surface area contributed by atoms with Gasteiger partial charge in [0.2, 0.25) is 0 Å². The van der Waals surface area contributed by atoms with Crippen molar-refractivity contribution in [1.82, 2.24) is 9.80 Å². The Balaban J connectivity index is 2.02. The quantitative estimate of drug-likeness (QED) is 0.718. The fourth-order valence-corrected chi connectivity index (χ4v) is 3.11. The van der Waals surface area contributed by atoms with Crippen molar-refractivity contribution < 1.29 is 13.2 Å². The van der Waals surface area contributed by atoms with Gasteiger partial charge in [0.1, 0.15) is 0 Å². The molecule has 1 spiro atoms. The molecule has 2 saturated heterocycles. The molecule has 0 saturated carbocycles. The van der Waals surface area contributed by atoms with E-state index in [4.69, 9.17) is 0 Å². The van der Waals surface area contributed by atoms with Gasteiger partial charge in [0.15, 0.2) is 0 Å². The number of likely N-dealkylation sites (tertiary alicyclic amines) is 2. The van der Waals surface area contributed by atoms with Crippen LogP contribution in [0.1, 0.15) is 40.0 Å². The van der Waals surface area contributed by atoms with Crippen LogP contribution in [0.3, 0.4) is 0 Å². The number of piperidine rings is 1. The van der Waals surface area contributed by atoms with E-state index in [2.05, 4.69) is 25.7 Å². The number of hydrogen-bond acceptors (Lipinski definition) is 2. The highest BCUT2D eigenvalue weighted by molar-refractivity contribution is 5.08. The predicted molar refractivity (Wildman–Crippen MR) is 65.5 cm³/mol. The highest BCUT2D eigenvalue weighted by atomic mass is 19.4. The molecular weight excluding hydrogens is 241 g/mol. The Kier molecular flexibility index (Phi) is 3.43. The van der Waals surface area contributed by atoms with E-state index in [0.717, 1.165) is 32.4 Å². The summed E-state index contributed by atoms with van der Waals surface area (Å²) < 4.78 is 37.9. The minimum absolute atomic E-state index is 0.0621. The molecule has 106 valence electrons. The third-order valence-electron chi connectivity index (χ3n) is 4.28. The molecule has 0 amide bonds. The lowest BCUT2D eigenvalue weighted by Gasteiger charge is -2.61. The zero-order chi connectivity index (χ0) is 13.6. The molecule has 2 fully saturated rings. The predicted octanol–water partition coefficient (Wildman–Crippen LogP) is 2.89. The third-order valence-corrected chi connectivity index (χ3v) is 4.28. The van der Waals surface area contributed by atoms with E-state index in [-0.39, 0.29) is 11.1 Å². The summed E-state index contributed by atoms with van der Waals surface area (Å²) >= 11 is 0. The van der Waals surface area contributed by atoms with Gasteiger partial charge >= 0.3 is 6.18 Å². The molecule has 18 heavy (non-hydrogen) atoms. The molecule has 0 radical (unpaired) electrons. The SMILES string of the molecule is CC(C)(C)N1CC2(CCCCN2CC(F)(F)F)C1. The first-order chi connectivity index (χ1) is 8.12. The Bertz CT molecular complexity index is 300. The van der Waals surface area contributed by atoms with Gasteiger partial charge in [-0.25, -0.2) is 0 Å². The lowest BCUT2D eigenvalue weighted by molar-refractivity contribution is -0.189. The second-order valence-corrected chi connectivity index (χ2v) is 6.75. The van der Waals surface area contributed by atoms with Crippen LogP contribution in [-0.2, 0) is 0 Å². The molecule has 0 aliphatic carbocycles. The molecule has 0 aromatic carbocycles. The molecule has 0 atom stereocenters. The minimum atomic E-state index is -4.08. The molecule has 0 unspecified atom stereocenters. The topological polar surface area (TPSA) is 6.48 Å². The second-order valence-electron chi connectivity index (χ2n) is 6.75. The van der Waals surface area contributed by atoms with Gasteiger partial charge in [-0.2, -0.15) is 13.2 Å². The van der Waals surface area contributed by atoms with Crippen LogP contribution in [0.25, 0.3) is 0 Å². The average molecular weight is 264 g/mol. The zero-order valence-electron chi connectivity index (χ0n) is 11.5. The van der Waals surface area contributed by atoms with Crippen molar-refractivity contribution in [1.29, 1.82) is 0 Å². The Morgan fingerprint density at radius 3 is 2.17 bits per heavy atom. The van der Waals surface area contributed by atoms with Crippen molar-refractivity contribution in [3.8, 4) is 0 Å². The van der Waals surface area contributed by atoms with Crippen LogP contribution in [0.5, 0.6) is 0 Å². The smallest absolute Gasteiger partial charge is 0.295 e. The summed E-state index contributed by atoms with van der Waals surface area (Å²) in [6.07, 6.45) is -1.21. The molecule has 2 heterocycles. The summed E-state index contributed by atoms with van der Waals surface area (Å²) in [7, 11) is 0. The molecule has 0 N–H and O–H groups in total. The van der Waals surface area contributed by atoms with Crippen molar-refractivity contribution in [3.05, 3.63) is 0 Å². The summed E-state index contributed by atoms with van der Waals surface area (Å²) in [5.41, 5.74) is -0.145. The van der Waals surface area contributed by atoms with Gasteiger partial charge in [-0.15, -0.1) is 0 Å². The van der Waals surface area contributed by atoms with Crippen LogP contribution in [0.2, 0.25) is 0 Å². The number of rotatable bonds is 1. The summed E-state index contributed by atoms with van der Waals surface area (Å²) in [6.45, 7) is 7.78. The maximum absolute atomic E-state index is 12.6. The van der Waals surface area contributed by atoms with Gasteiger partial charge in [-0.05, 0) is 40.2 Å². The fourth-order valence-electron chi connectivity index (χ4n) is 3.11. The Morgan fingerprint density at radius 1 is 1.06 bits per heavy atom. The Hall–Kier alpha value is -0.290. The molecule has 2 rings (SSSR count). The van der Waals surface area contributed by atoms with Crippen molar-refractivity contribution in [2.75, 3.05) is 26.2 Å². The molecule has 2 aliphatic heterocycles. The second kappa shape index (κ2) is 4.37. The first-order valence-electron chi connectivity index (χ1n) is 6.69. The zero-order valence-corrected chi connectivity index (χ0v) is 11.5. The normalized spacial score (nSPS) is 26.3. The average Bonchev–Trinajstić information content (AvgIpc) is 2.10. The highest BCUT2D eigenvalue weighted by Gasteiger charge is 2.53. The highest BCUT2D eigenvalue weighted by Crippen LogP contribution is 2.40. The number of halogens is 3. The van der Waals surface area contributed by atoms with Gasteiger partial charge < -0.3 is 0 Å². The Labute approximate surface area is 107 Å². The molecular formula is C13H23F3N2. The molecule has 2 nitrogen and oxygen atoms in total. The van der Waals surface area contributed by atoms with E-state index in [9.17, 15) is 13.2 Å². The first-order valence-corrected chi connectivity index (χ1v) is 6.69. The maximum Gasteiger partial charge on any atom is 0.401 e. The molecule has 0 aromatic heterocycles. The lowest BCUT2D eigenvalue weighted by atomic mass is 9.77. The number of nitrogens with zero attached hydrogens (tertiary/aromatic N) is 2. The van der Waals surface area contributed by atoms with Gasteiger partial charge in [-0.3, -0.25) is 9.80 Å². The molecule has 0 bridgehead atoms. The summed E-state index contributed by atoms with van der Waals surface area (Å²) in [4.78, 5) is 3.96. The number of hydrogen-bond donors (Lipinski definition) is 0. The van der Waals surface area contributed by atoms with Gasteiger partial charge in [-0.1, -0.05) is 6.42 Å². The van der Waals surface area contributed by atoms with Crippen molar-refractivity contribution >= 4 is 0 Å².